The monoisotopic (exact) mass is 485 g/mol. The van der Waals surface area contributed by atoms with Crippen LogP contribution >= 0.6 is 23.2 Å². The summed E-state index contributed by atoms with van der Waals surface area (Å²) in [6.07, 6.45) is 7.83. The van der Waals surface area contributed by atoms with Gasteiger partial charge in [-0.1, -0.05) is 41.4 Å². The molecule has 0 amide bonds. The summed E-state index contributed by atoms with van der Waals surface area (Å²) >= 11 is 12.4. The largest absolute Gasteiger partial charge is 0.383 e. The minimum atomic E-state index is 0.235. The first-order valence-corrected chi connectivity index (χ1v) is 11.4. The van der Waals surface area contributed by atoms with Crippen molar-refractivity contribution in [3.8, 4) is 11.1 Å². The summed E-state index contributed by atoms with van der Waals surface area (Å²) in [5, 5.41) is 15.5. The zero-order valence-electron chi connectivity index (χ0n) is 18.2. The van der Waals surface area contributed by atoms with E-state index in [2.05, 4.69) is 37.5 Å². The number of amidine groups is 1. The molecule has 0 radical (unpaired) electrons. The van der Waals surface area contributed by atoms with Gasteiger partial charge in [0.2, 0.25) is 0 Å². The Balaban J connectivity index is 1.63. The minimum Gasteiger partial charge on any atom is -0.383 e. The van der Waals surface area contributed by atoms with Crippen LogP contribution in [0.4, 0.5) is 11.5 Å². The Bertz CT molecular complexity index is 1170. The van der Waals surface area contributed by atoms with Gasteiger partial charge in [0.05, 0.1) is 33.5 Å². The van der Waals surface area contributed by atoms with E-state index in [1.165, 1.54) is 0 Å². The Kier molecular flexibility index (Phi) is 7.22. The molecule has 2 aromatic heterocycles. The average Bonchev–Trinajstić information content (AvgIpc) is 3.32. The van der Waals surface area contributed by atoms with Gasteiger partial charge in [-0.05, 0) is 44.1 Å². The summed E-state index contributed by atoms with van der Waals surface area (Å²) in [6.45, 7) is 5.36. The molecule has 33 heavy (non-hydrogen) atoms. The van der Waals surface area contributed by atoms with E-state index in [1.54, 1.807) is 24.4 Å². The highest BCUT2D eigenvalue weighted by atomic mass is 35.5. The maximum absolute atomic E-state index is 7.24. The summed E-state index contributed by atoms with van der Waals surface area (Å²) in [4.78, 5) is 6.78. The lowest BCUT2D eigenvalue weighted by molar-refractivity contribution is 0.177. The second-order valence-corrected chi connectivity index (χ2v) is 8.62. The molecule has 9 nitrogen and oxygen atoms in total. The Morgan fingerprint density at radius 1 is 1.30 bits per heavy atom. The number of benzene rings is 1. The number of halogens is 2. The third-order valence-electron chi connectivity index (χ3n) is 5.77. The first-order chi connectivity index (χ1) is 16.0. The van der Waals surface area contributed by atoms with E-state index in [-0.39, 0.29) is 11.7 Å². The van der Waals surface area contributed by atoms with E-state index in [4.69, 9.17) is 34.5 Å². The number of piperidine rings is 1. The molecule has 0 saturated carbocycles. The molecule has 1 atom stereocenters. The van der Waals surface area contributed by atoms with Gasteiger partial charge in [-0.2, -0.15) is 10.6 Å². The number of likely N-dealkylation sites (N-methyl/N-ethyl adjacent to an activating group) is 1. The predicted octanol–water partition coefficient (Wildman–Crippen LogP) is 5.30. The highest BCUT2D eigenvalue weighted by Gasteiger charge is 2.21. The number of aromatic nitrogens is 3. The van der Waals surface area contributed by atoms with E-state index in [0.717, 1.165) is 43.6 Å². The minimum absolute atomic E-state index is 0.235. The molecule has 1 aromatic carbocycles. The number of rotatable bonds is 6. The van der Waals surface area contributed by atoms with E-state index in [9.17, 15) is 0 Å². The van der Waals surface area contributed by atoms with Crippen LogP contribution in [0.2, 0.25) is 10.0 Å². The Morgan fingerprint density at radius 3 is 2.94 bits per heavy atom. The van der Waals surface area contributed by atoms with E-state index in [0.29, 0.717) is 27.3 Å². The van der Waals surface area contributed by atoms with Crippen LogP contribution in [-0.4, -0.2) is 45.1 Å². The standard InChI is InChI=1S/C22H25Cl2N9/c1-2-32-8-4-5-16(13-32)33-12-15(11-28-33)14-9-17(21(25)27-10-14)22(30-31-26)29-19-7-3-6-18(23)20(19)24/h3,6-7,9-12,16H,2,4-5,8,13H2,1H3,(H2,25,27)(H2,26,29,30)/t16-/m1/s1. The predicted molar refractivity (Wildman–Crippen MR) is 132 cm³/mol. The van der Waals surface area contributed by atoms with Gasteiger partial charge in [-0.3, -0.25) is 4.68 Å². The molecule has 0 spiro atoms. The van der Waals surface area contributed by atoms with Crippen molar-refractivity contribution in [1.29, 1.82) is 5.53 Å². The highest BCUT2D eigenvalue weighted by molar-refractivity contribution is 6.44. The number of nitrogen functional groups attached to an aromatic ring is 1. The van der Waals surface area contributed by atoms with E-state index in [1.807, 2.05) is 23.1 Å². The fourth-order valence-electron chi connectivity index (χ4n) is 3.97. The second kappa shape index (κ2) is 10.3. The van der Waals surface area contributed by atoms with Crippen LogP contribution in [0.25, 0.3) is 11.1 Å². The number of likely N-dealkylation sites (tertiary alicyclic amines) is 1. The number of nitrogens with zero attached hydrogens (tertiary/aromatic N) is 6. The van der Waals surface area contributed by atoms with Crippen LogP contribution in [0.5, 0.6) is 0 Å². The summed E-state index contributed by atoms with van der Waals surface area (Å²) in [7, 11) is 0. The van der Waals surface area contributed by atoms with Crippen molar-refractivity contribution in [2.24, 2.45) is 10.3 Å². The second-order valence-electron chi connectivity index (χ2n) is 7.83. The fraction of sp³-hybridized carbons (Fsp3) is 0.318. The molecular weight excluding hydrogens is 461 g/mol. The van der Waals surface area contributed by atoms with Gasteiger partial charge in [0, 0.05) is 30.1 Å². The van der Waals surface area contributed by atoms with Gasteiger partial charge < -0.3 is 16.0 Å². The molecule has 4 rings (SSSR count). The van der Waals surface area contributed by atoms with Crippen LogP contribution in [0, 0.1) is 5.53 Å². The molecule has 1 aliphatic heterocycles. The smallest absolute Gasteiger partial charge is 0.165 e. The maximum Gasteiger partial charge on any atom is 0.165 e. The quantitative estimate of drug-likeness (QED) is 0.189. The molecule has 11 heteroatoms. The van der Waals surface area contributed by atoms with E-state index >= 15 is 0 Å². The van der Waals surface area contributed by atoms with Crippen molar-refractivity contribution in [2.75, 3.05) is 30.7 Å². The normalized spacial score (nSPS) is 17.2. The maximum atomic E-state index is 7.24. The van der Waals surface area contributed by atoms with Crippen molar-refractivity contribution >= 4 is 40.5 Å². The first-order valence-electron chi connectivity index (χ1n) is 10.7. The molecule has 3 heterocycles. The molecule has 1 saturated heterocycles. The molecule has 0 aliphatic carbocycles. The Labute approximate surface area is 202 Å². The van der Waals surface area contributed by atoms with Crippen LogP contribution < -0.4 is 11.1 Å². The summed E-state index contributed by atoms with van der Waals surface area (Å²) in [5.41, 5.74) is 16.1. The number of hydrogen-bond donors (Lipinski definition) is 3. The third kappa shape index (κ3) is 5.16. The fourth-order valence-corrected chi connectivity index (χ4v) is 4.32. The van der Waals surface area contributed by atoms with Crippen LogP contribution in [0.3, 0.4) is 0 Å². The summed E-state index contributed by atoms with van der Waals surface area (Å²) in [5.74, 6) is 0.476. The van der Waals surface area contributed by atoms with Crippen LogP contribution in [-0.2, 0) is 0 Å². The van der Waals surface area contributed by atoms with E-state index < -0.39 is 0 Å². The lowest BCUT2D eigenvalue weighted by atomic mass is 10.1. The molecule has 0 bridgehead atoms. The first kappa shape index (κ1) is 23.2. The van der Waals surface area contributed by atoms with Crippen molar-refractivity contribution in [3.63, 3.8) is 0 Å². The number of nitrogens with two attached hydrogens (primary N) is 1. The van der Waals surface area contributed by atoms with Crippen LogP contribution in [0.15, 0.2) is 53.2 Å². The molecule has 4 N–H and O–H groups in total. The van der Waals surface area contributed by atoms with Gasteiger partial charge in [0.25, 0.3) is 0 Å². The van der Waals surface area contributed by atoms with Gasteiger partial charge >= 0.3 is 0 Å². The summed E-state index contributed by atoms with van der Waals surface area (Å²) < 4.78 is 2.03. The van der Waals surface area contributed by atoms with Crippen molar-refractivity contribution in [2.45, 2.75) is 25.8 Å². The Morgan fingerprint density at radius 2 is 2.15 bits per heavy atom. The Hall–Kier alpha value is -3.01. The lowest BCUT2D eigenvalue weighted by Gasteiger charge is -2.31. The average molecular weight is 486 g/mol. The molecule has 1 fully saturated rings. The SMILES string of the molecule is CCN1CCC[C@@H](n2cc(-c3cnc(N)c(/C(=N/N=N)Nc4cccc(Cl)c4Cl)c3)cn2)C1. The molecule has 3 aromatic rings. The van der Waals surface area contributed by atoms with Crippen LogP contribution in [0.1, 0.15) is 31.4 Å². The number of hydrogen-bond acceptors (Lipinski definition) is 6. The van der Waals surface area contributed by atoms with Gasteiger partial charge in [-0.25, -0.2) is 4.98 Å². The molecule has 1 aliphatic rings. The highest BCUT2D eigenvalue weighted by Crippen LogP contribution is 2.31. The van der Waals surface area contributed by atoms with Gasteiger partial charge in [0.15, 0.2) is 5.84 Å². The van der Waals surface area contributed by atoms with Crippen molar-refractivity contribution < 1.29 is 0 Å². The third-order valence-corrected chi connectivity index (χ3v) is 6.58. The molecule has 0 unspecified atom stereocenters. The number of pyridine rings is 1. The number of nitrogens with one attached hydrogen (secondary N) is 2. The topological polar surface area (TPSA) is 121 Å². The zero-order valence-corrected chi connectivity index (χ0v) is 19.7. The van der Waals surface area contributed by atoms with Crippen molar-refractivity contribution in [1.82, 2.24) is 19.7 Å². The zero-order chi connectivity index (χ0) is 23.4. The molecule has 172 valence electrons. The molecular formula is C22H25Cl2N9. The lowest BCUT2D eigenvalue weighted by Crippen LogP contribution is -2.36. The van der Waals surface area contributed by atoms with Gasteiger partial charge in [0.1, 0.15) is 5.82 Å². The van der Waals surface area contributed by atoms with Gasteiger partial charge in [-0.15, -0.1) is 5.10 Å². The van der Waals surface area contributed by atoms with Crippen molar-refractivity contribution in [3.05, 3.63) is 58.5 Å². The number of anilines is 2. The summed E-state index contributed by atoms with van der Waals surface area (Å²) in [6, 6.07) is 7.37.